The molecule has 0 spiro atoms. The van der Waals surface area contributed by atoms with Crippen molar-refractivity contribution in [3.05, 3.63) is 64.6 Å². The fourth-order valence-corrected chi connectivity index (χ4v) is 3.07. The molecule has 1 aromatic carbocycles. The normalized spacial score (nSPS) is 18.1. The summed E-state index contributed by atoms with van der Waals surface area (Å²) in [5.41, 5.74) is 1.61. The third-order valence-corrected chi connectivity index (χ3v) is 4.35. The van der Waals surface area contributed by atoms with Gasteiger partial charge in [-0.3, -0.25) is 4.79 Å². The highest BCUT2D eigenvalue weighted by molar-refractivity contribution is 6.30. The maximum absolute atomic E-state index is 12.6. The van der Waals surface area contributed by atoms with E-state index in [1.54, 1.807) is 12.1 Å². The number of halogens is 1. The van der Waals surface area contributed by atoms with Crippen LogP contribution < -0.4 is 9.63 Å². The molecule has 6 heteroatoms. The van der Waals surface area contributed by atoms with E-state index in [-0.39, 0.29) is 11.9 Å². The van der Waals surface area contributed by atoms with Crippen molar-refractivity contribution in [2.75, 3.05) is 24.5 Å². The Balaban J connectivity index is 1.71. The number of pyridine rings is 1. The summed E-state index contributed by atoms with van der Waals surface area (Å²) in [4.78, 5) is 16.7. The molecule has 0 radical (unpaired) electrons. The van der Waals surface area contributed by atoms with Gasteiger partial charge in [0.05, 0.1) is 5.56 Å². The third kappa shape index (κ3) is 3.40. The molecule has 2 aromatic rings. The number of amides is 1. The second-order valence-electron chi connectivity index (χ2n) is 5.72. The lowest BCUT2D eigenvalue weighted by molar-refractivity contribution is -0.605. The van der Waals surface area contributed by atoms with Crippen LogP contribution in [0, 0.1) is 5.21 Å². The van der Waals surface area contributed by atoms with Crippen molar-refractivity contribution < 1.29 is 9.52 Å². The minimum Gasteiger partial charge on any atom is -0.619 e. The van der Waals surface area contributed by atoms with Gasteiger partial charge in [0, 0.05) is 48.5 Å². The molecule has 23 heavy (non-hydrogen) atoms. The maximum atomic E-state index is 12.6. The summed E-state index contributed by atoms with van der Waals surface area (Å²) in [5, 5.41) is 11.8. The van der Waals surface area contributed by atoms with Gasteiger partial charge in [0.15, 0.2) is 12.4 Å². The standard InChI is InChI=1S/C17H18ClN3O2/c1-13-12-19(16-4-2-3-15(18)11-16)9-10-21(13)17(22)14-5-7-20(23)8-6-14/h2-8,11,13H,9-10,12H2,1H3. The van der Waals surface area contributed by atoms with E-state index in [0.29, 0.717) is 21.9 Å². The zero-order valence-electron chi connectivity index (χ0n) is 12.9. The number of carbonyl (C=O) groups excluding carboxylic acids is 1. The van der Waals surface area contributed by atoms with Gasteiger partial charge < -0.3 is 15.0 Å². The fourth-order valence-electron chi connectivity index (χ4n) is 2.89. The first kappa shape index (κ1) is 15.6. The van der Waals surface area contributed by atoms with E-state index >= 15 is 0 Å². The minimum absolute atomic E-state index is 0.0381. The number of anilines is 1. The average molecular weight is 332 g/mol. The van der Waals surface area contributed by atoms with Crippen molar-refractivity contribution in [1.82, 2.24) is 4.90 Å². The predicted octanol–water partition coefficient (Wildman–Crippen LogP) is 2.32. The molecular formula is C17H18ClN3O2. The Morgan fingerprint density at radius 1 is 1.26 bits per heavy atom. The number of hydrogen-bond acceptors (Lipinski definition) is 3. The van der Waals surface area contributed by atoms with Crippen molar-refractivity contribution in [3.63, 3.8) is 0 Å². The Kier molecular flexibility index (Phi) is 4.39. The van der Waals surface area contributed by atoms with Gasteiger partial charge >= 0.3 is 0 Å². The summed E-state index contributed by atoms with van der Waals surface area (Å²) in [6.07, 6.45) is 2.69. The van der Waals surface area contributed by atoms with Gasteiger partial charge in [-0.1, -0.05) is 17.7 Å². The Bertz CT molecular complexity index is 705. The molecule has 0 bridgehead atoms. The minimum atomic E-state index is -0.0381. The maximum Gasteiger partial charge on any atom is 0.254 e. The number of aromatic nitrogens is 1. The highest BCUT2D eigenvalue weighted by Crippen LogP contribution is 2.23. The van der Waals surface area contributed by atoms with Crippen LogP contribution in [0.15, 0.2) is 48.8 Å². The lowest BCUT2D eigenvalue weighted by atomic mass is 10.1. The molecule has 0 saturated carbocycles. The van der Waals surface area contributed by atoms with E-state index in [4.69, 9.17) is 11.6 Å². The van der Waals surface area contributed by atoms with E-state index < -0.39 is 0 Å². The molecule has 1 amide bonds. The first-order valence-electron chi connectivity index (χ1n) is 7.55. The van der Waals surface area contributed by atoms with Gasteiger partial charge in [-0.25, -0.2) is 0 Å². The molecule has 1 aliphatic rings. The Hall–Kier alpha value is -2.27. The van der Waals surface area contributed by atoms with E-state index in [0.717, 1.165) is 18.8 Å². The lowest BCUT2D eigenvalue weighted by Gasteiger charge is -2.41. The van der Waals surface area contributed by atoms with Crippen molar-refractivity contribution in [2.24, 2.45) is 0 Å². The first-order chi connectivity index (χ1) is 11.0. The summed E-state index contributed by atoms with van der Waals surface area (Å²) in [6, 6.07) is 11.0. The van der Waals surface area contributed by atoms with Gasteiger partial charge in [-0.2, -0.15) is 4.73 Å². The van der Waals surface area contributed by atoms with Crippen LogP contribution in [0.2, 0.25) is 5.02 Å². The number of benzene rings is 1. The molecule has 5 nitrogen and oxygen atoms in total. The van der Waals surface area contributed by atoms with Gasteiger partial charge in [0.2, 0.25) is 0 Å². The number of piperazine rings is 1. The van der Waals surface area contributed by atoms with Crippen LogP contribution in [-0.4, -0.2) is 36.5 Å². The van der Waals surface area contributed by atoms with E-state index in [9.17, 15) is 10.0 Å². The molecule has 120 valence electrons. The molecule has 1 aromatic heterocycles. The van der Waals surface area contributed by atoms with Gasteiger partial charge in [0.1, 0.15) is 0 Å². The molecule has 1 fully saturated rings. The van der Waals surface area contributed by atoms with Crippen molar-refractivity contribution in [1.29, 1.82) is 0 Å². The topological polar surface area (TPSA) is 50.5 Å². The summed E-state index contributed by atoms with van der Waals surface area (Å²) in [7, 11) is 0. The molecule has 3 rings (SSSR count). The molecule has 1 saturated heterocycles. The van der Waals surface area contributed by atoms with Gasteiger partial charge in [0.25, 0.3) is 5.91 Å². The fraction of sp³-hybridized carbons (Fsp3) is 0.294. The van der Waals surface area contributed by atoms with Crippen LogP contribution in [0.25, 0.3) is 0 Å². The van der Waals surface area contributed by atoms with Gasteiger partial charge in [-0.15, -0.1) is 0 Å². The van der Waals surface area contributed by atoms with E-state index in [1.165, 1.54) is 12.4 Å². The zero-order chi connectivity index (χ0) is 16.4. The lowest BCUT2D eigenvalue weighted by Crippen LogP contribution is -2.54. The molecule has 1 atom stereocenters. The highest BCUT2D eigenvalue weighted by Gasteiger charge is 2.28. The molecular weight excluding hydrogens is 314 g/mol. The summed E-state index contributed by atoms with van der Waals surface area (Å²) < 4.78 is 0.678. The summed E-state index contributed by atoms with van der Waals surface area (Å²) in [5.74, 6) is -0.0381. The van der Waals surface area contributed by atoms with Crippen molar-refractivity contribution >= 4 is 23.2 Å². The van der Waals surface area contributed by atoms with Crippen LogP contribution in [0.4, 0.5) is 5.69 Å². The monoisotopic (exact) mass is 331 g/mol. The Labute approximate surface area is 140 Å². The number of hydrogen-bond donors (Lipinski definition) is 0. The molecule has 1 aliphatic heterocycles. The Morgan fingerprint density at radius 3 is 2.65 bits per heavy atom. The van der Waals surface area contributed by atoms with Gasteiger partial charge in [-0.05, 0) is 25.1 Å². The molecule has 0 aliphatic carbocycles. The SMILES string of the molecule is CC1CN(c2cccc(Cl)c2)CCN1C(=O)c1cc[n+]([O-])cc1. The predicted molar refractivity (Wildman–Crippen MR) is 89.6 cm³/mol. The van der Waals surface area contributed by atoms with Crippen LogP contribution >= 0.6 is 11.6 Å². The van der Waals surface area contributed by atoms with Crippen molar-refractivity contribution in [2.45, 2.75) is 13.0 Å². The second-order valence-corrected chi connectivity index (χ2v) is 6.16. The van der Waals surface area contributed by atoms with Crippen molar-refractivity contribution in [3.8, 4) is 0 Å². The molecule has 1 unspecified atom stereocenters. The molecule has 0 N–H and O–H groups in total. The summed E-state index contributed by atoms with van der Waals surface area (Å²) >= 11 is 6.05. The molecule has 2 heterocycles. The summed E-state index contributed by atoms with van der Waals surface area (Å²) in [6.45, 7) is 4.18. The largest absolute Gasteiger partial charge is 0.619 e. The first-order valence-corrected chi connectivity index (χ1v) is 7.93. The highest BCUT2D eigenvalue weighted by atomic mass is 35.5. The van der Waals surface area contributed by atoms with Crippen LogP contribution in [0.3, 0.4) is 0 Å². The van der Waals surface area contributed by atoms with E-state index in [2.05, 4.69) is 4.90 Å². The quantitative estimate of drug-likeness (QED) is 0.627. The van der Waals surface area contributed by atoms with Crippen LogP contribution in [-0.2, 0) is 0 Å². The average Bonchev–Trinajstić information content (AvgIpc) is 2.55. The third-order valence-electron chi connectivity index (χ3n) is 4.11. The van der Waals surface area contributed by atoms with Crippen LogP contribution in [0.1, 0.15) is 17.3 Å². The number of nitrogens with zero attached hydrogens (tertiary/aromatic N) is 3. The Morgan fingerprint density at radius 2 is 2.00 bits per heavy atom. The zero-order valence-corrected chi connectivity index (χ0v) is 13.6. The smallest absolute Gasteiger partial charge is 0.254 e. The number of carbonyl (C=O) groups is 1. The number of rotatable bonds is 2. The van der Waals surface area contributed by atoms with E-state index in [1.807, 2.05) is 36.1 Å². The van der Waals surface area contributed by atoms with Crippen LogP contribution in [0.5, 0.6) is 0 Å². The second kappa shape index (κ2) is 6.46.